The Morgan fingerprint density at radius 3 is 1.77 bits per heavy atom. The van der Waals surface area contributed by atoms with Crippen molar-refractivity contribution in [3.63, 3.8) is 0 Å². The Morgan fingerprint density at radius 1 is 1.31 bits per heavy atom. The number of carbonyl (C=O) groups excluding carboxylic acids is 1. The van der Waals surface area contributed by atoms with E-state index in [-0.39, 0.29) is 38.4 Å². The molecule has 0 spiro atoms. The Labute approximate surface area is 97.5 Å². The van der Waals surface area contributed by atoms with Crippen LogP contribution in [0.3, 0.4) is 0 Å². The molecule has 4 nitrogen and oxygen atoms in total. The number of aliphatic hydroxyl groups excluding tert-OH is 1. The summed E-state index contributed by atoms with van der Waals surface area (Å²) in [6, 6.07) is 0. The van der Waals surface area contributed by atoms with Gasteiger partial charge < -0.3 is 10.2 Å². The third-order valence-electron chi connectivity index (χ3n) is 0.912. The second-order valence-electron chi connectivity index (χ2n) is 2.35. The van der Waals surface area contributed by atoms with E-state index in [1.165, 1.54) is 6.92 Å². The smallest absolute Gasteiger partial charge is 0.310 e. The largest absolute Gasteiger partial charge is 0.481 e. The molecule has 0 aromatic rings. The van der Waals surface area contributed by atoms with Gasteiger partial charge >= 0.3 is 5.97 Å². The zero-order valence-corrected chi connectivity index (χ0v) is 10.5. The van der Waals surface area contributed by atoms with Crippen molar-refractivity contribution in [3.05, 3.63) is 0 Å². The van der Waals surface area contributed by atoms with Crippen LogP contribution in [0.2, 0.25) is 0 Å². The van der Waals surface area contributed by atoms with Crippen molar-refractivity contribution in [1.29, 1.82) is 0 Å². The molecule has 0 rings (SSSR count). The van der Waals surface area contributed by atoms with E-state index in [1.54, 1.807) is 0 Å². The summed E-state index contributed by atoms with van der Waals surface area (Å²) >= 11 is 0. The van der Waals surface area contributed by atoms with Gasteiger partial charge in [0.25, 0.3) is 0 Å². The third-order valence-corrected chi connectivity index (χ3v) is 0.912. The summed E-state index contributed by atoms with van der Waals surface area (Å²) in [5.41, 5.74) is 0. The first-order valence-corrected chi connectivity index (χ1v) is 3.86. The molecule has 0 aliphatic heterocycles. The number of aliphatic carboxylic acids is 1. The molecule has 0 heterocycles. The normalized spacial score (nSPS) is 7.62. The maximum Gasteiger partial charge on any atom is 0.310 e. The molecular weight excluding hydrogens is 251 g/mol. The minimum atomic E-state index is -1.06. The first-order valence-electron chi connectivity index (χ1n) is 3.86. The molecule has 0 bridgehead atoms. The number of carboxylic acid groups (broad SMARTS) is 1. The van der Waals surface area contributed by atoms with E-state index < -0.39 is 5.97 Å². The van der Waals surface area contributed by atoms with Crippen LogP contribution < -0.4 is 0 Å². The van der Waals surface area contributed by atoms with Crippen molar-refractivity contribution >= 4 is 11.8 Å². The molecule has 13 heavy (non-hydrogen) atoms. The van der Waals surface area contributed by atoms with Crippen molar-refractivity contribution in [2.24, 2.45) is 0 Å². The first-order chi connectivity index (χ1) is 5.54. The van der Waals surface area contributed by atoms with E-state index in [9.17, 15) is 9.59 Å². The quantitative estimate of drug-likeness (QED) is 0.740. The number of carbonyl (C=O) groups is 2. The van der Waals surface area contributed by atoms with Crippen molar-refractivity contribution < 1.29 is 46.0 Å². The van der Waals surface area contributed by atoms with Gasteiger partial charge in [0.05, 0.1) is 0 Å². The van der Waals surface area contributed by atoms with Gasteiger partial charge in [-0.15, -0.1) is 0 Å². The van der Waals surface area contributed by atoms with E-state index in [2.05, 4.69) is 6.92 Å². The number of rotatable bonds is 4. The van der Waals surface area contributed by atoms with Gasteiger partial charge in [0.15, 0.2) is 0 Å². The summed E-state index contributed by atoms with van der Waals surface area (Å²) in [7, 11) is 0. The van der Waals surface area contributed by atoms with Gasteiger partial charge in [0.2, 0.25) is 0 Å². The molecule has 0 fully saturated rings. The van der Waals surface area contributed by atoms with Crippen LogP contribution in [0.25, 0.3) is 0 Å². The topological polar surface area (TPSA) is 74.6 Å². The van der Waals surface area contributed by atoms with Crippen LogP contribution in [-0.2, 0) is 35.8 Å². The molecule has 5 heteroatoms. The van der Waals surface area contributed by atoms with E-state index in [1.807, 2.05) is 0 Å². The number of hydrogen-bond acceptors (Lipinski definition) is 3. The fraction of sp³-hybridized carbons (Fsp3) is 0.750. The van der Waals surface area contributed by atoms with Crippen LogP contribution in [0.4, 0.5) is 0 Å². The van der Waals surface area contributed by atoms with Gasteiger partial charge in [-0.25, -0.2) is 0 Å². The Bertz CT molecular complexity index is 122. The molecular formula is C8H16O4Zr. The summed E-state index contributed by atoms with van der Waals surface area (Å²) in [5.74, 6) is -1.37. The second kappa shape index (κ2) is 14.5. The molecule has 0 radical (unpaired) electrons. The zero-order valence-electron chi connectivity index (χ0n) is 8.04. The molecule has 2 N–H and O–H groups in total. The fourth-order valence-electron chi connectivity index (χ4n) is 0.371. The molecule has 0 aromatic carbocycles. The minimum absolute atomic E-state index is 0. The fourth-order valence-corrected chi connectivity index (χ4v) is 0.371. The van der Waals surface area contributed by atoms with Crippen LogP contribution in [0, 0.1) is 0 Å². The number of ketones is 1. The second-order valence-corrected chi connectivity index (χ2v) is 2.35. The van der Waals surface area contributed by atoms with Crippen LogP contribution in [0.1, 0.15) is 33.1 Å². The van der Waals surface area contributed by atoms with Crippen molar-refractivity contribution in [1.82, 2.24) is 0 Å². The zero-order chi connectivity index (χ0) is 9.98. The number of hydrogen-bond donors (Lipinski definition) is 2. The van der Waals surface area contributed by atoms with Crippen molar-refractivity contribution in [3.8, 4) is 0 Å². The number of aliphatic hydroxyl groups is 1. The summed E-state index contributed by atoms with van der Waals surface area (Å²) in [6.45, 7) is 3.64. The summed E-state index contributed by atoms with van der Waals surface area (Å²) in [4.78, 5) is 19.5. The van der Waals surface area contributed by atoms with E-state index >= 15 is 0 Å². The first kappa shape index (κ1) is 18.7. The monoisotopic (exact) mass is 266 g/mol. The molecule has 0 saturated carbocycles. The molecule has 0 unspecified atom stereocenters. The SMILES string of the molecule is CC(=O)CC(=O)O.CCCCO.[Zr]. The third kappa shape index (κ3) is 33.4. The van der Waals surface area contributed by atoms with Crippen LogP contribution >= 0.6 is 0 Å². The van der Waals surface area contributed by atoms with E-state index in [4.69, 9.17) is 10.2 Å². The molecule has 76 valence electrons. The Hall–Kier alpha value is -0.0169. The van der Waals surface area contributed by atoms with Crippen molar-refractivity contribution in [2.75, 3.05) is 6.61 Å². The van der Waals surface area contributed by atoms with Gasteiger partial charge in [-0.3, -0.25) is 9.59 Å². The molecule has 0 aromatic heterocycles. The van der Waals surface area contributed by atoms with Crippen LogP contribution in [0.15, 0.2) is 0 Å². The number of Topliss-reactive ketones (excluding diaryl/α,β-unsaturated/α-hetero) is 1. The average Bonchev–Trinajstić information content (AvgIpc) is 1.87. The van der Waals surface area contributed by atoms with Gasteiger partial charge in [0, 0.05) is 32.8 Å². The predicted molar refractivity (Wildman–Crippen MR) is 44.9 cm³/mol. The van der Waals surface area contributed by atoms with Gasteiger partial charge in [-0.2, -0.15) is 0 Å². The van der Waals surface area contributed by atoms with E-state index in [0.29, 0.717) is 6.61 Å². The minimum Gasteiger partial charge on any atom is -0.481 e. The maximum absolute atomic E-state index is 9.87. The van der Waals surface area contributed by atoms with Crippen LogP contribution in [-0.4, -0.2) is 28.6 Å². The molecule has 0 aliphatic rings. The summed E-state index contributed by atoms with van der Waals surface area (Å²) in [5, 5.41) is 15.9. The molecule has 0 saturated heterocycles. The standard InChI is InChI=1S/C4H6O3.C4H10O.Zr/c1-3(5)2-4(6)7;1-2-3-4-5;/h2H2,1H3,(H,6,7);5H,2-4H2,1H3;. The Kier molecular flexibility index (Phi) is 20.9. The number of carboxylic acids is 1. The average molecular weight is 267 g/mol. The summed E-state index contributed by atoms with van der Waals surface area (Å²) < 4.78 is 0. The molecule has 0 aliphatic carbocycles. The van der Waals surface area contributed by atoms with Crippen LogP contribution in [0.5, 0.6) is 0 Å². The molecule has 0 amide bonds. The van der Waals surface area contributed by atoms with Crippen molar-refractivity contribution in [2.45, 2.75) is 33.1 Å². The van der Waals surface area contributed by atoms with E-state index in [0.717, 1.165) is 12.8 Å². The predicted octanol–water partition coefficient (Wildman–Crippen LogP) is 0.826. The number of unbranched alkanes of at least 4 members (excludes halogenated alkanes) is 1. The Morgan fingerprint density at radius 2 is 1.77 bits per heavy atom. The van der Waals surface area contributed by atoms with Gasteiger partial charge in [-0.05, 0) is 13.3 Å². The van der Waals surface area contributed by atoms with Gasteiger partial charge in [0.1, 0.15) is 12.2 Å². The van der Waals surface area contributed by atoms with Gasteiger partial charge in [-0.1, -0.05) is 13.3 Å². The Balaban J connectivity index is -0.000000150. The summed E-state index contributed by atoms with van der Waals surface area (Å²) in [6.07, 6.45) is 1.68. The maximum atomic E-state index is 9.87. The molecule has 0 atom stereocenters.